The van der Waals surface area contributed by atoms with E-state index in [0.717, 1.165) is 23.3 Å². The molecule has 0 spiro atoms. The van der Waals surface area contributed by atoms with Crippen molar-refractivity contribution in [3.8, 4) is 5.75 Å². The van der Waals surface area contributed by atoms with E-state index in [1.54, 1.807) is 0 Å². The van der Waals surface area contributed by atoms with Gasteiger partial charge in [0.1, 0.15) is 5.75 Å². The molecule has 1 rings (SSSR count). The van der Waals surface area contributed by atoms with Crippen molar-refractivity contribution in [1.29, 1.82) is 0 Å². The van der Waals surface area contributed by atoms with Gasteiger partial charge in [-0.15, -0.1) is 0 Å². The van der Waals surface area contributed by atoms with Crippen LogP contribution in [0, 0.1) is 0 Å². The SMILES string of the molecule is C/C=C(\CC)C(=O)c1ccc(OCC)cc1. The molecule has 1 aromatic carbocycles. The smallest absolute Gasteiger partial charge is 0.188 e. The summed E-state index contributed by atoms with van der Waals surface area (Å²) in [5.74, 6) is 0.908. The number of benzene rings is 1. The number of allylic oxidation sites excluding steroid dienone is 2. The predicted molar refractivity (Wildman–Crippen MR) is 66.0 cm³/mol. The molecule has 0 unspecified atom stereocenters. The molecule has 0 aliphatic heterocycles. The molecule has 0 saturated heterocycles. The molecule has 0 atom stereocenters. The van der Waals surface area contributed by atoms with Crippen LogP contribution in [0.3, 0.4) is 0 Å². The minimum atomic E-state index is 0.105. The number of ether oxygens (including phenoxy) is 1. The molecule has 1 aromatic rings. The first kappa shape index (κ1) is 12.5. The summed E-state index contributed by atoms with van der Waals surface area (Å²) in [6.07, 6.45) is 2.64. The minimum Gasteiger partial charge on any atom is -0.494 e. The molecule has 0 saturated carbocycles. The Labute approximate surface area is 96.9 Å². The molecule has 0 bridgehead atoms. The Morgan fingerprint density at radius 2 is 1.88 bits per heavy atom. The van der Waals surface area contributed by atoms with Crippen LogP contribution in [0.25, 0.3) is 0 Å². The summed E-state index contributed by atoms with van der Waals surface area (Å²) in [6, 6.07) is 7.29. The zero-order chi connectivity index (χ0) is 12.0. The first-order valence-corrected chi connectivity index (χ1v) is 5.65. The van der Waals surface area contributed by atoms with Crippen LogP contribution in [-0.2, 0) is 0 Å². The molecule has 2 nitrogen and oxygen atoms in total. The van der Waals surface area contributed by atoms with Crippen molar-refractivity contribution in [2.45, 2.75) is 27.2 Å². The molecule has 0 N–H and O–H groups in total. The maximum absolute atomic E-state index is 12.0. The summed E-state index contributed by atoms with van der Waals surface area (Å²) in [4.78, 5) is 12.0. The number of carbonyl (C=O) groups is 1. The summed E-state index contributed by atoms with van der Waals surface area (Å²) < 4.78 is 5.33. The summed E-state index contributed by atoms with van der Waals surface area (Å²) in [6.45, 7) is 6.46. The Kier molecular flexibility index (Phi) is 4.77. The van der Waals surface area contributed by atoms with Gasteiger partial charge >= 0.3 is 0 Å². The predicted octanol–water partition coefficient (Wildman–Crippen LogP) is 3.62. The third-order valence-electron chi connectivity index (χ3n) is 2.45. The molecule has 0 heterocycles. The van der Waals surface area contributed by atoms with E-state index in [2.05, 4.69) is 0 Å². The van der Waals surface area contributed by atoms with Gasteiger partial charge in [0, 0.05) is 5.56 Å². The quantitative estimate of drug-likeness (QED) is 0.557. The van der Waals surface area contributed by atoms with Gasteiger partial charge in [-0.1, -0.05) is 13.0 Å². The lowest BCUT2D eigenvalue weighted by Crippen LogP contribution is -2.02. The number of hydrogen-bond donors (Lipinski definition) is 0. The van der Waals surface area contributed by atoms with E-state index in [1.165, 1.54) is 0 Å². The van der Waals surface area contributed by atoms with Crippen molar-refractivity contribution in [2.24, 2.45) is 0 Å². The van der Waals surface area contributed by atoms with E-state index in [1.807, 2.05) is 51.1 Å². The van der Waals surface area contributed by atoms with Crippen molar-refractivity contribution in [1.82, 2.24) is 0 Å². The lowest BCUT2D eigenvalue weighted by molar-refractivity contribution is 0.103. The summed E-state index contributed by atoms with van der Waals surface area (Å²) in [5.41, 5.74) is 1.57. The highest BCUT2D eigenvalue weighted by Crippen LogP contribution is 2.16. The fourth-order valence-electron chi connectivity index (χ4n) is 1.55. The van der Waals surface area contributed by atoms with Crippen molar-refractivity contribution in [3.05, 3.63) is 41.5 Å². The molecule has 0 aliphatic rings. The van der Waals surface area contributed by atoms with E-state index in [0.29, 0.717) is 6.61 Å². The lowest BCUT2D eigenvalue weighted by atomic mass is 10.0. The molecule has 86 valence electrons. The third-order valence-corrected chi connectivity index (χ3v) is 2.45. The highest BCUT2D eigenvalue weighted by molar-refractivity contribution is 6.08. The molecule has 0 radical (unpaired) electrons. The van der Waals surface area contributed by atoms with E-state index < -0.39 is 0 Å². The van der Waals surface area contributed by atoms with Crippen molar-refractivity contribution in [3.63, 3.8) is 0 Å². The Bertz CT molecular complexity index is 374. The maximum atomic E-state index is 12.0. The van der Waals surface area contributed by atoms with Crippen LogP contribution in [0.5, 0.6) is 5.75 Å². The molecule has 0 fully saturated rings. The fourth-order valence-corrected chi connectivity index (χ4v) is 1.55. The van der Waals surface area contributed by atoms with Crippen LogP contribution in [0.15, 0.2) is 35.9 Å². The molecule has 2 heteroatoms. The van der Waals surface area contributed by atoms with Crippen molar-refractivity contribution in [2.75, 3.05) is 6.61 Å². The summed E-state index contributed by atoms with van der Waals surface area (Å²) >= 11 is 0. The van der Waals surface area contributed by atoms with Crippen LogP contribution in [0.1, 0.15) is 37.6 Å². The van der Waals surface area contributed by atoms with E-state index >= 15 is 0 Å². The summed E-state index contributed by atoms with van der Waals surface area (Å²) in [5, 5.41) is 0. The Morgan fingerprint density at radius 3 is 2.31 bits per heavy atom. The zero-order valence-corrected chi connectivity index (χ0v) is 10.1. The van der Waals surface area contributed by atoms with Crippen LogP contribution >= 0.6 is 0 Å². The van der Waals surface area contributed by atoms with Crippen LogP contribution < -0.4 is 4.74 Å². The van der Waals surface area contributed by atoms with Gasteiger partial charge in [-0.3, -0.25) is 4.79 Å². The Morgan fingerprint density at radius 1 is 1.25 bits per heavy atom. The van der Waals surface area contributed by atoms with Gasteiger partial charge in [0.05, 0.1) is 6.61 Å². The van der Waals surface area contributed by atoms with Crippen LogP contribution in [-0.4, -0.2) is 12.4 Å². The highest BCUT2D eigenvalue weighted by Gasteiger charge is 2.09. The van der Waals surface area contributed by atoms with Gasteiger partial charge in [-0.25, -0.2) is 0 Å². The van der Waals surface area contributed by atoms with E-state index in [4.69, 9.17) is 4.74 Å². The van der Waals surface area contributed by atoms with Gasteiger partial charge in [0.2, 0.25) is 0 Å². The number of carbonyl (C=O) groups excluding carboxylic acids is 1. The normalized spacial score (nSPS) is 11.3. The molecular formula is C14H18O2. The topological polar surface area (TPSA) is 26.3 Å². The van der Waals surface area contributed by atoms with Gasteiger partial charge in [-0.05, 0) is 50.1 Å². The molecule has 0 aromatic heterocycles. The molecular weight excluding hydrogens is 200 g/mol. The van der Waals surface area contributed by atoms with Crippen molar-refractivity contribution >= 4 is 5.78 Å². The second kappa shape index (κ2) is 6.11. The average Bonchev–Trinajstić information content (AvgIpc) is 2.32. The maximum Gasteiger partial charge on any atom is 0.188 e. The van der Waals surface area contributed by atoms with Gasteiger partial charge in [-0.2, -0.15) is 0 Å². The first-order valence-electron chi connectivity index (χ1n) is 5.65. The number of rotatable bonds is 5. The summed E-state index contributed by atoms with van der Waals surface area (Å²) in [7, 11) is 0. The zero-order valence-electron chi connectivity index (χ0n) is 10.1. The molecule has 16 heavy (non-hydrogen) atoms. The van der Waals surface area contributed by atoms with E-state index in [-0.39, 0.29) is 5.78 Å². The van der Waals surface area contributed by atoms with Crippen molar-refractivity contribution < 1.29 is 9.53 Å². The standard InChI is InChI=1S/C14H18O2/c1-4-11(5-2)14(15)12-7-9-13(10-8-12)16-6-3/h4,7-10H,5-6H2,1-3H3/b11-4+. The second-order valence-corrected chi connectivity index (χ2v) is 3.45. The number of ketones is 1. The number of Topliss-reactive ketones (excluding diaryl/α,β-unsaturated/α-hetero) is 1. The van der Waals surface area contributed by atoms with Crippen LogP contribution in [0.4, 0.5) is 0 Å². The Hall–Kier alpha value is -1.57. The fraction of sp³-hybridized carbons (Fsp3) is 0.357. The van der Waals surface area contributed by atoms with Gasteiger partial charge in [0.15, 0.2) is 5.78 Å². The monoisotopic (exact) mass is 218 g/mol. The molecule has 0 amide bonds. The molecule has 0 aliphatic carbocycles. The minimum absolute atomic E-state index is 0.105. The van der Waals surface area contributed by atoms with Gasteiger partial charge in [0.25, 0.3) is 0 Å². The average molecular weight is 218 g/mol. The number of hydrogen-bond acceptors (Lipinski definition) is 2. The largest absolute Gasteiger partial charge is 0.494 e. The Balaban J connectivity index is 2.85. The second-order valence-electron chi connectivity index (χ2n) is 3.45. The first-order chi connectivity index (χ1) is 7.72. The lowest BCUT2D eigenvalue weighted by Gasteiger charge is -2.05. The van der Waals surface area contributed by atoms with Crippen LogP contribution in [0.2, 0.25) is 0 Å². The highest BCUT2D eigenvalue weighted by atomic mass is 16.5. The van der Waals surface area contributed by atoms with E-state index in [9.17, 15) is 4.79 Å². The van der Waals surface area contributed by atoms with Gasteiger partial charge < -0.3 is 4.74 Å². The third kappa shape index (κ3) is 2.96.